The number of hydrogen-bond donors (Lipinski definition) is 0. The average molecular weight is 384 g/mol. The largest absolute Gasteiger partial charge is 0.376 e. The summed E-state index contributed by atoms with van der Waals surface area (Å²) in [5.41, 5.74) is 1.22. The SMILES string of the molecule is CCN(C(=O)c1ccc2c(c1)C(=O)N(CC1CCCO1)C2=O)C1CCCCC1. The van der Waals surface area contributed by atoms with Crippen LogP contribution in [0.4, 0.5) is 0 Å². The smallest absolute Gasteiger partial charge is 0.261 e. The molecule has 6 heteroatoms. The molecule has 3 aliphatic rings. The Bertz CT molecular complexity index is 779. The first-order valence-corrected chi connectivity index (χ1v) is 10.5. The van der Waals surface area contributed by atoms with Crippen LogP contribution in [-0.4, -0.2) is 59.4 Å². The number of amides is 3. The first-order valence-electron chi connectivity index (χ1n) is 10.5. The quantitative estimate of drug-likeness (QED) is 0.731. The summed E-state index contributed by atoms with van der Waals surface area (Å²) in [5, 5.41) is 0. The van der Waals surface area contributed by atoms with Crippen molar-refractivity contribution in [3.63, 3.8) is 0 Å². The molecule has 1 aromatic carbocycles. The van der Waals surface area contributed by atoms with Crippen molar-refractivity contribution in [2.24, 2.45) is 0 Å². The molecule has 0 bridgehead atoms. The third-order valence-electron chi connectivity index (χ3n) is 6.24. The van der Waals surface area contributed by atoms with Crippen LogP contribution in [0.2, 0.25) is 0 Å². The minimum atomic E-state index is -0.314. The van der Waals surface area contributed by atoms with Crippen molar-refractivity contribution in [3.05, 3.63) is 34.9 Å². The second kappa shape index (κ2) is 8.03. The molecular weight excluding hydrogens is 356 g/mol. The van der Waals surface area contributed by atoms with Gasteiger partial charge in [0.1, 0.15) is 0 Å². The summed E-state index contributed by atoms with van der Waals surface area (Å²) in [7, 11) is 0. The van der Waals surface area contributed by atoms with Gasteiger partial charge in [0.25, 0.3) is 17.7 Å². The molecule has 1 saturated heterocycles. The van der Waals surface area contributed by atoms with E-state index in [2.05, 4.69) is 0 Å². The summed E-state index contributed by atoms with van der Waals surface area (Å²) in [6, 6.07) is 5.20. The molecule has 0 aromatic heterocycles. The summed E-state index contributed by atoms with van der Waals surface area (Å²) in [4.78, 5) is 41.8. The minimum Gasteiger partial charge on any atom is -0.376 e. The van der Waals surface area contributed by atoms with E-state index in [0.717, 1.165) is 38.5 Å². The van der Waals surface area contributed by atoms with E-state index in [9.17, 15) is 14.4 Å². The fraction of sp³-hybridized carbons (Fsp3) is 0.591. The van der Waals surface area contributed by atoms with Gasteiger partial charge < -0.3 is 9.64 Å². The highest BCUT2D eigenvalue weighted by Crippen LogP contribution is 2.28. The maximum absolute atomic E-state index is 13.1. The van der Waals surface area contributed by atoms with Gasteiger partial charge in [-0.2, -0.15) is 0 Å². The van der Waals surface area contributed by atoms with Gasteiger partial charge in [0.15, 0.2) is 0 Å². The van der Waals surface area contributed by atoms with Crippen LogP contribution in [0.5, 0.6) is 0 Å². The van der Waals surface area contributed by atoms with Crippen molar-refractivity contribution in [1.82, 2.24) is 9.80 Å². The van der Waals surface area contributed by atoms with E-state index < -0.39 is 0 Å². The van der Waals surface area contributed by atoms with Crippen LogP contribution in [-0.2, 0) is 4.74 Å². The zero-order valence-corrected chi connectivity index (χ0v) is 16.5. The number of hydrogen-bond acceptors (Lipinski definition) is 4. The Morgan fingerprint density at radius 3 is 2.50 bits per heavy atom. The predicted octanol–water partition coefficient (Wildman–Crippen LogP) is 3.26. The van der Waals surface area contributed by atoms with Gasteiger partial charge in [-0.1, -0.05) is 19.3 Å². The second-order valence-corrected chi connectivity index (χ2v) is 8.00. The summed E-state index contributed by atoms with van der Waals surface area (Å²) < 4.78 is 5.58. The maximum Gasteiger partial charge on any atom is 0.261 e. The van der Waals surface area contributed by atoms with E-state index in [1.165, 1.54) is 11.3 Å². The summed E-state index contributed by atoms with van der Waals surface area (Å²) >= 11 is 0. The van der Waals surface area contributed by atoms with Crippen LogP contribution in [0.3, 0.4) is 0 Å². The number of nitrogens with zero attached hydrogens (tertiary/aromatic N) is 2. The summed E-state index contributed by atoms with van der Waals surface area (Å²) in [6.07, 6.45) is 7.37. The zero-order valence-electron chi connectivity index (χ0n) is 16.5. The normalized spacial score (nSPS) is 22.6. The van der Waals surface area contributed by atoms with Crippen molar-refractivity contribution in [1.29, 1.82) is 0 Å². The fourth-order valence-corrected chi connectivity index (χ4v) is 4.71. The van der Waals surface area contributed by atoms with Gasteiger partial charge in [0.05, 0.1) is 23.8 Å². The lowest BCUT2D eigenvalue weighted by Gasteiger charge is -2.33. The second-order valence-electron chi connectivity index (χ2n) is 8.00. The van der Waals surface area contributed by atoms with E-state index in [1.54, 1.807) is 18.2 Å². The van der Waals surface area contributed by atoms with Crippen LogP contribution in [0.25, 0.3) is 0 Å². The number of carbonyl (C=O) groups excluding carboxylic acids is 3. The van der Waals surface area contributed by atoms with Crippen molar-refractivity contribution in [2.45, 2.75) is 64.0 Å². The van der Waals surface area contributed by atoms with Crippen molar-refractivity contribution >= 4 is 17.7 Å². The predicted molar refractivity (Wildman–Crippen MR) is 104 cm³/mol. The third-order valence-corrected chi connectivity index (χ3v) is 6.24. The van der Waals surface area contributed by atoms with E-state index in [1.807, 2.05) is 11.8 Å². The molecule has 150 valence electrons. The Balaban J connectivity index is 1.54. The minimum absolute atomic E-state index is 0.0463. The average Bonchev–Trinajstić information content (AvgIpc) is 3.32. The molecule has 1 unspecified atom stereocenters. The molecule has 2 fully saturated rings. The zero-order chi connectivity index (χ0) is 19.7. The van der Waals surface area contributed by atoms with E-state index in [-0.39, 0.29) is 29.9 Å². The van der Waals surface area contributed by atoms with Gasteiger partial charge in [0, 0.05) is 24.8 Å². The molecule has 0 N–H and O–H groups in total. The Morgan fingerprint density at radius 2 is 1.82 bits per heavy atom. The maximum atomic E-state index is 13.1. The van der Waals surface area contributed by atoms with Gasteiger partial charge in [-0.3, -0.25) is 19.3 Å². The van der Waals surface area contributed by atoms with Gasteiger partial charge in [-0.05, 0) is 50.8 Å². The first kappa shape index (κ1) is 19.1. The lowest BCUT2D eigenvalue weighted by molar-refractivity contribution is 0.0475. The molecule has 1 aromatic rings. The first-order chi connectivity index (χ1) is 13.6. The molecule has 1 aliphatic carbocycles. The summed E-state index contributed by atoms with van der Waals surface area (Å²) in [6.45, 7) is 3.62. The number of benzene rings is 1. The molecule has 1 atom stereocenters. The Labute approximate surface area is 165 Å². The summed E-state index contributed by atoms with van der Waals surface area (Å²) in [5.74, 6) is -0.644. The number of rotatable bonds is 5. The van der Waals surface area contributed by atoms with E-state index in [4.69, 9.17) is 4.74 Å². The van der Waals surface area contributed by atoms with E-state index in [0.29, 0.717) is 36.4 Å². The molecule has 2 aliphatic heterocycles. The molecule has 0 radical (unpaired) electrons. The highest BCUT2D eigenvalue weighted by molar-refractivity contribution is 6.22. The van der Waals surface area contributed by atoms with Gasteiger partial charge in [0.2, 0.25) is 0 Å². The third kappa shape index (κ3) is 3.46. The highest BCUT2D eigenvalue weighted by atomic mass is 16.5. The standard InChI is InChI=1S/C22H28N2O4/c1-2-23(16-7-4-3-5-8-16)20(25)15-10-11-18-19(13-15)22(27)24(21(18)26)14-17-9-6-12-28-17/h10-11,13,16-17H,2-9,12,14H2,1H3. The topological polar surface area (TPSA) is 66.9 Å². The molecular formula is C22H28N2O4. The van der Waals surface area contributed by atoms with Crippen LogP contribution >= 0.6 is 0 Å². The van der Waals surface area contributed by atoms with Crippen molar-refractivity contribution < 1.29 is 19.1 Å². The number of carbonyl (C=O) groups is 3. The Morgan fingerprint density at radius 1 is 1.07 bits per heavy atom. The van der Waals surface area contributed by atoms with Crippen molar-refractivity contribution in [2.75, 3.05) is 19.7 Å². The molecule has 6 nitrogen and oxygen atoms in total. The van der Waals surface area contributed by atoms with Crippen LogP contribution in [0.15, 0.2) is 18.2 Å². The Hall–Kier alpha value is -2.21. The van der Waals surface area contributed by atoms with Crippen LogP contribution < -0.4 is 0 Å². The molecule has 4 rings (SSSR count). The van der Waals surface area contributed by atoms with E-state index >= 15 is 0 Å². The molecule has 28 heavy (non-hydrogen) atoms. The monoisotopic (exact) mass is 384 g/mol. The van der Waals surface area contributed by atoms with Crippen LogP contribution in [0.1, 0.15) is 82.9 Å². The number of fused-ring (bicyclic) bond motifs is 1. The number of imide groups is 1. The van der Waals surface area contributed by atoms with Gasteiger partial charge in [-0.15, -0.1) is 0 Å². The lowest BCUT2D eigenvalue weighted by Crippen LogP contribution is -2.41. The highest BCUT2D eigenvalue weighted by Gasteiger charge is 2.38. The Kier molecular flexibility index (Phi) is 5.49. The molecule has 0 spiro atoms. The fourth-order valence-electron chi connectivity index (χ4n) is 4.71. The van der Waals surface area contributed by atoms with Crippen molar-refractivity contribution in [3.8, 4) is 0 Å². The van der Waals surface area contributed by atoms with Gasteiger partial charge in [-0.25, -0.2) is 0 Å². The number of ether oxygens (including phenoxy) is 1. The molecule has 1 saturated carbocycles. The van der Waals surface area contributed by atoms with Crippen LogP contribution in [0, 0.1) is 0 Å². The van der Waals surface area contributed by atoms with Gasteiger partial charge >= 0.3 is 0 Å². The molecule has 2 heterocycles. The molecule has 3 amide bonds. The lowest BCUT2D eigenvalue weighted by atomic mass is 9.93.